The van der Waals surface area contributed by atoms with E-state index >= 15 is 0 Å². The van der Waals surface area contributed by atoms with Crippen molar-refractivity contribution in [2.75, 3.05) is 32.7 Å². The van der Waals surface area contributed by atoms with Crippen LogP contribution in [-0.4, -0.2) is 67.9 Å². The van der Waals surface area contributed by atoms with Crippen molar-refractivity contribution in [1.29, 1.82) is 0 Å². The maximum absolute atomic E-state index is 13.6. The smallest absolute Gasteiger partial charge is 0.255 e. The molecular formula is C30H38N6O. The van der Waals surface area contributed by atoms with Crippen molar-refractivity contribution in [2.45, 2.75) is 52.9 Å². The first-order chi connectivity index (χ1) is 17.9. The largest absolute Gasteiger partial charge is 0.370 e. The predicted molar refractivity (Wildman–Crippen MR) is 146 cm³/mol. The Kier molecular flexibility index (Phi) is 6.49. The van der Waals surface area contributed by atoms with Gasteiger partial charge in [-0.15, -0.1) is 0 Å². The van der Waals surface area contributed by atoms with Gasteiger partial charge in [0, 0.05) is 37.6 Å². The molecule has 4 aliphatic rings. The van der Waals surface area contributed by atoms with E-state index < -0.39 is 0 Å². The zero-order valence-electron chi connectivity index (χ0n) is 22.4. The Morgan fingerprint density at radius 1 is 1.03 bits per heavy atom. The number of nitrogens with zero attached hydrogens (tertiary/aromatic N) is 6. The predicted octanol–water partition coefficient (Wildman–Crippen LogP) is 4.70. The monoisotopic (exact) mass is 498 g/mol. The summed E-state index contributed by atoms with van der Waals surface area (Å²) in [5, 5.41) is 4.83. The molecule has 0 aromatic carbocycles. The van der Waals surface area contributed by atoms with E-state index in [1.54, 1.807) is 6.08 Å². The van der Waals surface area contributed by atoms with Crippen molar-refractivity contribution >= 4 is 17.0 Å². The summed E-state index contributed by atoms with van der Waals surface area (Å²) in [5.41, 5.74) is 6.79. The van der Waals surface area contributed by atoms with Gasteiger partial charge in [0.2, 0.25) is 0 Å². The molecule has 0 bridgehead atoms. The van der Waals surface area contributed by atoms with Crippen LogP contribution < -0.4 is 0 Å². The van der Waals surface area contributed by atoms with Crippen LogP contribution >= 0.6 is 0 Å². The number of carbonyl (C=O) groups is 1. The van der Waals surface area contributed by atoms with Crippen LogP contribution in [-0.2, 0) is 4.79 Å². The quantitative estimate of drug-likeness (QED) is 0.612. The lowest BCUT2D eigenvalue weighted by Gasteiger charge is -2.37. The van der Waals surface area contributed by atoms with Crippen LogP contribution in [0.3, 0.4) is 0 Å². The average molecular weight is 499 g/mol. The molecule has 6 heterocycles. The van der Waals surface area contributed by atoms with E-state index in [9.17, 15) is 4.79 Å². The molecular weight excluding hydrogens is 460 g/mol. The van der Waals surface area contributed by atoms with Crippen molar-refractivity contribution in [3.63, 3.8) is 0 Å². The van der Waals surface area contributed by atoms with Gasteiger partial charge in [-0.1, -0.05) is 13.0 Å². The van der Waals surface area contributed by atoms with E-state index in [1.165, 1.54) is 45.3 Å². The minimum absolute atomic E-state index is 0.0124. The van der Waals surface area contributed by atoms with Gasteiger partial charge in [0.05, 0.1) is 34.5 Å². The second-order valence-corrected chi connectivity index (χ2v) is 11.2. The van der Waals surface area contributed by atoms with Gasteiger partial charge in [0.25, 0.3) is 5.91 Å². The summed E-state index contributed by atoms with van der Waals surface area (Å²) in [6.07, 6.45) is 18.3. The summed E-state index contributed by atoms with van der Waals surface area (Å²) in [4.78, 5) is 25.1. The Balaban J connectivity index is 1.21. The van der Waals surface area contributed by atoms with Crippen molar-refractivity contribution in [3.05, 3.63) is 71.2 Å². The summed E-state index contributed by atoms with van der Waals surface area (Å²) >= 11 is 0. The molecule has 2 saturated heterocycles. The Bertz CT molecular complexity index is 1320. The highest BCUT2D eigenvalue weighted by Crippen LogP contribution is 2.32. The summed E-state index contributed by atoms with van der Waals surface area (Å²) in [6.45, 7) is 12.1. The molecule has 1 atom stereocenters. The number of hydrogen-bond acceptors (Lipinski definition) is 5. The van der Waals surface area contributed by atoms with Gasteiger partial charge in [0.1, 0.15) is 0 Å². The van der Waals surface area contributed by atoms with Crippen LogP contribution in [0.1, 0.15) is 56.1 Å². The minimum Gasteiger partial charge on any atom is -0.370 e. The number of aryl methyl sites for hydroxylation is 2. The van der Waals surface area contributed by atoms with Gasteiger partial charge in [-0.25, -0.2) is 4.52 Å². The number of rotatable bonds is 4. The van der Waals surface area contributed by atoms with Crippen molar-refractivity contribution in [3.8, 4) is 0 Å². The van der Waals surface area contributed by atoms with Crippen LogP contribution in [0, 0.1) is 25.7 Å². The standard InChI is InChI=1S/C30H38N6O/c1-21-6-7-25-8-9-26(34-14-10-24(11-15-34)19-33-12-4-5-13-33)20-35(25)30(37)16-27(21)28-17-29-23(3)31-22(2)18-36(29)32-28/h7-9,16-18,20-21,24H,4-6,10-15,19H2,1-3H3. The van der Waals surface area contributed by atoms with Crippen LogP contribution in [0.2, 0.25) is 0 Å². The summed E-state index contributed by atoms with van der Waals surface area (Å²) in [5.74, 6) is 0.967. The van der Waals surface area contributed by atoms with E-state index in [-0.39, 0.29) is 11.8 Å². The molecule has 1 unspecified atom stereocenters. The fraction of sp³-hybridized carbons (Fsp3) is 0.500. The number of carbonyl (C=O) groups excluding carboxylic acids is 1. The minimum atomic E-state index is -0.0124. The second-order valence-electron chi connectivity index (χ2n) is 11.2. The molecule has 0 radical (unpaired) electrons. The van der Waals surface area contributed by atoms with Gasteiger partial charge in [-0.2, -0.15) is 5.10 Å². The number of hydrogen-bond donors (Lipinski definition) is 0. The first-order valence-corrected chi connectivity index (χ1v) is 13.9. The first-order valence-electron chi connectivity index (χ1n) is 13.9. The number of aromatic nitrogens is 3. The fourth-order valence-corrected chi connectivity index (χ4v) is 6.28. The normalized spacial score (nSPS) is 23.6. The van der Waals surface area contributed by atoms with Gasteiger partial charge in [-0.05, 0) is 94.7 Å². The zero-order valence-corrected chi connectivity index (χ0v) is 22.4. The molecule has 2 aromatic heterocycles. The molecule has 0 aliphatic carbocycles. The number of likely N-dealkylation sites (tertiary alicyclic amines) is 2. The molecule has 2 fully saturated rings. The van der Waals surface area contributed by atoms with Crippen LogP contribution in [0.4, 0.5) is 0 Å². The number of allylic oxidation sites excluding steroid dienone is 4. The highest BCUT2D eigenvalue weighted by atomic mass is 16.2. The summed E-state index contributed by atoms with van der Waals surface area (Å²) in [7, 11) is 0. The SMILES string of the molecule is Cc1cn2nc(C3=CC(=O)N4C=C(N5CCC(CN6CCCC6)CC5)C=CC4=CCC3C)cc2c(C)n1. The van der Waals surface area contributed by atoms with E-state index in [4.69, 9.17) is 5.10 Å². The lowest BCUT2D eigenvalue weighted by atomic mass is 9.92. The topological polar surface area (TPSA) is 57.0 Å². The molecule has 6 rings (SSSR count). The second kappa shape index (κ2) is 9.93. The highest BCUT2D eigenvalue weighted by Gasteiger charge is 2.27. The Morgan fingerprint density at radius 2 is 1.78 bits per heavy atom. The third-order valence-corrected chi connectivity index (χ3v) is 8.44. The van der Waals surface area contributed by atoms with Crippen molar-refractivity contribution < 1.29 is 4.79 Å². The number of fused-ring (bicyclic) bond motifs is 2. The van der Waals surface area contributed by atoms with Crippen molar-refractivity contribution in [1.82, 2.24) is 29.3 Å². The molecule has 0 saturated carbocycles. The summed E-state index contributed by atoms with van der Waals surface area (Å²) in [6, 6.07) is 2.06. The van der Waals surface area contributed by atoms with E-state index in [2.05, 4.69) is 46.0 Å². The van der Waals surface area contributed by atoms with E-state index in [0.717, 1.165) is 65.0 Å². The molecule has 0 N–H and O–H groups in total. The zero-order chi connectivity index (χ0) is 25.5. The lowest BCUT2D eigenvalue weighted by molar-refractivity contribution is -0.122. The van der Waals surface area contributed by atoms with Crippen LogP contribution in [0.5, 0.6) is 0 Å². The molecule has 0 spiro atoms. The molecule has 37 heavy (non-hydrogen) atoms. The number of piperidine rings is 1. The first kappa shape index (κ1) is 24.2. The molecule has 4 aliphatic heterocycles. The van der Waals surface area contributed by atoms with Crippen LogP contribution in [0.15, 0.2) is 54.2 Å². The molecule has 1 amide bonds. The maximum atomic E-state index is 13.6. The van der Waals surface area contributed by atoms with Gasteiger partial charge >= 0.3 is 0 Å². The molecule has 194 valence electrons. The van der Waals surface area contributed by atoms with Crippen LogP contribution in [0.25, 0.3) is 11.1 Å². The van der Waals surface area contributed by atoms with E-state index in [1.807, 2.05) is 35.7 Å². The maximum Gasteiger partial charge on any atom is 0.255 e. The molecule has 2 aromatic rings. The van der Waals surface area contributed by atoms with Crippen molar-refractivity contribution in [2.24, 2.45) is 11.8 Å². The van der Waals surface area contributed by atoms with Gasteiger partial charge < -0.3 is 9.80 Å². The third-order valence-electron chi connectivity index (χ3n) is 8.44. The Hall–Kier alpha value is -3.19. The van der Waals surface area contributed by atoms with E-state index in [0.29, 0.717) is 0 Å². The third kappa shape index (κ3) is 4.89. The fourth-order valence-electron chi connectivity index (χ4n) is 6.28. The Labute approximate surface area is 219 Å². The molecule has 7 heteroatoms. The van der Waals surface area contributed by atoms with Gasteiger partial charge in [-0.3, -0.25) is 14.7 Å². The molecule has 7 nitrogen and oxygen atoms in total. The summed E-state index contributed by atoms with van der Waals surface area (Å²) < 4.78 is 1.89. The lowest BCUT2D eigenvalue weighted by Crippen LogP contribution is -2.38. The highest BCUT2D eigenvalue weighted by molar-refractivity contribution is 5.98. The van der Waals surface area contributed by atoms with Gasteiger partial charge in [0.15, 0.2) is 0 Å². The average Bonchev–Trinajstić information content (AvgIpc) is 3.55. The Morgan fingerprint density at radius 3 is 2.57 bits per heavy atom. The number of amides is 1.